The average Bonchev–Trinajstić information content (AvgIpc) is 3.20. The molecule has 120 valence electrons. The second kappa shape index (κ2) is 6.92. The molecule has 1 aromatic rings. The van der Waals surface area contributed by atoms with E-state index in [-0.39, 0.29) is 0 Å². The SMILES string of the molecule is COCc1ccccc1NC(N)=NCC1CC12CCSCC2. The molecule has 0 bridgehead atoms. The van der Waals surface area contributed by atoms with Gasteiger partial charge < -0.3 is 15.8 Å². The molecule has 1 aromatic carbocycles. The number of guanidine groups is 1. The minimum absolute atomic E-state index is 0.510. The molecular formula is C17H25N3OS. The summed E-state index contributed by atoms with van der Waals surface area (Å²) < 4.78 is 5.21. The fourth-order valence-corrected chi connectivity index (χ4v) is 4.70. The third-order valence-corrected chi connectivity index (χ3v) is 5.89. The van der Waals surface area contributed by atoms with Crippen LogP contribution in [0.1, 0.15) is 24.8 Å². The molecule has 1 saturated heterocycles. The molecule has 1 spiro atoms. The number of nitrogens with one attached hydrogen (secondary N) is 1. The third-order valence-electron chi connectivity index (χ3n) is 4.91. The Hall–Kier alpha value is -1.20. The van der Waals surface area contributed by atoms with Crippen LogP contribution in [0, 0.1) is 11.3 Å². The van der Waals surface area contributed by atoms with Crippen molar-refractivity contribution in [1.29, 1.82) is 0 Å². The van der Waals surface area contributed by atoms with Crippen molar-refractivity contribution in [3.05, 3.63) is 29.8 Å². The van der Waals surface area contributed by atoms with E-state index in [2.05, 4.69) is 22.1 Å². The topological polar surface area (TPSA) is 59.6 Å². The maximum absolute atomic E-state index is 6.06. The first-order valence-electron chi connectivity index (χ1n) is 7.95. The van der Waals surface area contributed by atoms with Gasteiger partial charge in [0.05, 0.1) is 6.61 Å². The zero-order valence-electron chi connectivity index (χ0n) is 13.2. The van der Waals surface area contributed by atoms with Gasteiger partial charge in [-0.25, -0.2) is 0 Å². The van der Waals surface area contributed by atoms with Crippen molar-refractivity contribution in [2.24, 2.45) is 22.1 Å². The highest BCUT2D eigenvalue weighted by atomic mass is 32.2. The minimum atomic E-state index is 0.510. The number of benzene rings is 1. The number of rotatable bonds is 5. The van der Waals surface area contributed by atoms with Gasteiger partial charge in [0.25, 0.3) is 0 Å². The predicted molar refractivity (Wildman–Crippen MR) is 94.4 cm³/mol. The Morgan fingerprint density at radius 2 is 2.18 bits per heavy atom. The predicted octanol–water partition coefficient (Wildman–Crippen LogP) is 3.09. The molecule has 2 fully saturated rings. The summed E-state index contributed by atoms with van der Waals surface area (Å²) >= 11 is 2.09. The van der Waals surface area contributed by atoms with Crippen LogP contribution in [0.5, 0.6) is 0 Å². The lowest BCUT2D eigenvalue weighted by atomic mass is 9.96. The monoisotopic (exact) mass is 319 g/mol. The van der Waals surface area contributed by atoms with E-state index in [0.717, 1.165) is 23.7 Å². The number of thioether (sulfide) groups is 1. The van der Waals surface area contributed by atoms with E-state index in [1.807, 2.05) is 24.3 Å². The summed E-state index contributed by atoms with van der Waals surface area (Å²) in [6, 6.07) is 8.04. The number of hydrogen-bond donors (Lipinski definition) is 2. The van der Waals surface area contributed by atoms with Gasteiger partial charge in [-0.05, 0) is 48.2 Å². The normalized spacial score (nSPS) is 23.5. The molecule has 2 aliphatic rings. The van der Waals surface area contributed by atoms with E-state index < -0.39 is 0 Å². The molecular weight excluding hydrogens is 294 g/mol. The minimum Gasteiger partial charge on any atom is -0.380 e. The van der Waals surface area contributed by atoms with Crippen molar-refractivity contribution in [3.8, 4) is 0 Å². The number of para-hydroxylation sites is 1. The Bertz CT molecular complexity index is 540. The maximum Gasteiger partial charge on any atom is 0.193 e. The quantitative estimate of drug-likeness (QED) is 0.647. The second-order valence-corrected chi connectivity index (χ2v) is 7.54. The largest absolute Gasteiger partial charge is 0.380 e. The highest BCUT2D eigenvalue weighted by Crippen LogP contribution is 2.60. The van der Waals surface area contributed by atoms with Crippen LogP contribution in [-0.2, 0) is 11.3 Å². The first kappa shape index (κ1) is 15.7. The summed E-state index contributed by atoms with van der Waals surface area (Å²) in [4.78, 5) is 4.57. The Morgan fingerprint density at radius 3 is 2.95 bits per heavy atom. The Labute approximate surface area is 136 Å². The number of methoxy groups -OCH3 is 1. The van der Waals surface area contributed by atoms with Gasteiger partial charge in [-0.1, -0.05) is 18.2 Å². The van der Waals surface area contributed by atoms with Crippen molar-refractivity contribution in [3.63, 3.8) is 0 Å². The van der Waals surface area contributed by atoms with E-state index in [1.165, 1.54) is 30.8 Å². The fraction of sp³-hybridized carbons (Fsp3) is 0.588. The molecule has 1 saturated carbocycles. The van der Waals surface area contributed by atoms with E-state index in [0.29, 0.717) is 18.0 Å². The molecule has 3 N–H and O–H groups in total. The van der Waals surface area contributed by atoms with Gasteiger partial charge >= 0.3 is 0 Å². The lowest BCUT2D eigenvalue weighted by molar-refractivity contribution is 0.185. The third kappa shape index (κ3) is 3.58. The van der Waals surface area contributed by atoms with E-state index in [9.17, 15) is 0 Å². The average molecular weight is 319 g/mol. The highest BCUT2D eigenvalue weighted by molar-refractivity contribution is 7.99. The van der Waals surface area contributed by atoms with Crippen molar-refractivity contribution < 1.29 is 4.74 Å². The Morgan fingerprint density at radius 1 is 1.41 bits per heavy atom. The molecule has 3 rings (SSSR count). The van der Waals surface area contributed by atoms with Crippen molar-refractivity contribution in [1.82, 2.24) is 0 Å². The Kier molecular flexibility index (Phi) is 4.93. The fourth-order valence-electron chi connectivity index (χ4n) is 3.39. The van der Waals surface area contributed by atoms with Crippen LogP contribution in [0.4, 0.5) is 5.69 Å². The van der Waals surface area contributed by atoms with Crippen LogP contribution >= 0.6 is 11.8 Å². The number of anilines is 1. The number of nitrogens with two attached hydrogens (primary N) is 1. The van der Waals surface area contributed by atoms with Gasteiger partial charge in [0.1, 0.15) is 0 Å². The van der Waals surface area contributed by atoms with Crippen molar-refractivity contribution in [2.75, 3.05) is 30.5 Å². The molecule has 1 unspecified atom stereocenters. The molecule has 1 aliphatic carbocycles. The highest BCUT2D eigenvalue weighted by Gasteiger charge is 2.53. The van der Waals surface area contributed by atoms with Crippen molar-refractivity contribution >= 4 is 23.4 Å². The molecule has 0 aromatic heterocycles. The Balaban J connectivity index is 1.55. The summed E-state index contributed by atoms with van der Waals surface area (Å²) in [5.41, 5.74) is 8.73. The van der Waals surface area contributed by atoms with Gasteiger partial charge in [-0.2, -0.15) is 11.8 Å². The van der Waals surface area contributed by atoms with E-state index in [1.54, 1.807) is 7.11 Å². The molecule has 1 atom stereocenters. The second-order valence-electron chi connectivity index (χ2n) is 6.32. The molecule has 1 aliphatic heterocycles. The van der Waals surface area contributed by atoms with Crippen LogP contribution < -0.4 is 11.1 Å². The first-order chi connectivity index (χ1) is 10.7. The van der Waals surface area contributed by atoms with Crippen LogP contribution in [0.15, 0.2) is 29.3 Å². The van der Waals surface area contributed by atoms with Gasteiger partial charge in [-0.3, -0.25) is 4.99 Å². The number of ether oxygens (including phenoxy) is 1. The lowest BCUT2D eigenvalue weighted by Gasteiger charge is -2.21. The molecule has 4 nitrogen and oxygen atoms in total. The number of nitrogens with zero attached hydrogens (tertiary/aromatic N) is 1. The summed E-state index contributed by atoms with van der Waals surface area (Å²) in [5.74, 6) is 3.88. The van der Waals surface area contributed by atoms with E-state index >= 15 is 0 Å². The summed E-state index contributed by atoms with van der Waals surface area (Å²) in [6.45, 7) is 1.43. The molecule has 5 heteroatoms. The molecule has 22 heavy (non-hydrogen) atoms. The van der Waals surface area contributed by atoms with Gasteiger partial charge in [0, 0.05) is 24.9 Å². The van der Waals surface area contributed by atoms with Crippen LogP contribution in [0.25, 0.3) is 0 Å². The zero-order chi connectivity index (χ0) is 15.4. The number of aliphatic imine (C=N–C) groups is 1. The summed E-state index contributed by atoms with van der Waals surface area (Å²) in [5, 5.41) is 3.21. The van der Waals surface area contributed by atoms with Crippen LogP contribution in [0.3, 0.4) is 0 Å². The van der Waals surface area contributed by atoms with E-state index in [4.69, 9.17) is 10.5 Å². The van der Waals surface area contributed by atoms with Crippen LogP contribution in [-0.4, -0.2) is 31.1 Å². The zero-order valence-corrected chi connectivity index (χ0v) is 14.0. The maximum atomic E-state index is 6.06. The van der Waals surface area contributed by atoms with Gasteiger partial charge in [-0.15, -0.1) is 0 Å². The first-order valence-corrected chi connectivity index (χ1v) is 9.10. The molecule has 0 amide bonds. The molecule has 1 heterocycles. The summed E-state index contributed by atoms with van der Waals surface area (Å²) in [7, 11) is 1.70. The van der Waals surface area contributed by atoms with Crippen LogP contribution in [0.2, 0.25) is 0 Å². The molecule has 0 radical (unpaired) electrons. The van der Waals surface area contributed by atoms with Gasteiger partial charge in [0.2, 0.25) is 0 Å². The van der Waals surface area contributed by atoms with Crippen molar-refractivity contribution in [2.45, 2.75) is 25.9 Å². The summed E-state index contributed by atoms with van der Waals surface area (Å²) in [6.07, 6.45) is 4.06. The van der Waals surface area contributed by atoms with Gasteiger partial charge in [0.15, 0.2) is 5.96 Å². The standard InChI is InChI=1S/C17H25N3OS/c1-21-12-13-4-2-3-5-15(13)20-16(18)19-11-14-10-17(14)6-8-22-9-7-17/h2-5,14H,6-12H2,1H3,(H3,18,19,20). The number of hydrogen-bond acceptors (Lipinski definition) is 3. The lowest BCUT2D eigenvalue weighted by Crippen LogP contribution is -2.24. The smallest absolute Gasteiger partial charge is 0.193 e.